The molecule has 0 aliphatic heterocycles. The molecule has 23 heavy (non-hydrogen) atoms. The van der Waals surface area contributed by atoms with E-state index in [1.54, 1.807) is 0 Å². The zero-order valence-corrected chi connectivity index (χ0v) is 15.8. The maximum absolute atomic E-state index is 9.49. The summed E-state index contributed by atoms with van der Waals surface area (Å²) in [5.74, 6) is -2.37. The Morgan fingerprint density at radius 3 is 1.22 bits per heavy atom. The first-order valence-electron chi connectivity index (χ1n) is 6.24. The monoisotopic (exact) mass is 340 g/mol. The fourth-order valence-corrected chi connectivity index (χ4v) is 0.883. The third kappa shape index (κ3) is 15.1. The summed E-state index contributed by atoms with van der Waals surface area (Å²) in [7, 11) is 0. The van der Waals surface area contributed by atoms with Gasteiger partial charge in [-0.3, -0.25) is 0 Å². The molecule has 0 aliphatic rings. The maximum Gasteiger partial charge on any atom is 2.00 e. The van der Waals surface area contributed by atoms with Gasteiger partial charge in [-0.05, 0) is 36.1 Å². The Morgan fingerprint density at radius 1 is 0.870 bits per heavy atom. The molecule has 1 aromatic carbocycles. The molecule has 0 bridgehead atoms. The number of carboxylic acids is 2. The van der Waals surface area contributed by atoms with Gasteiger partial charge in [-0.15, -0.1) is 0 Å². The van der Waals surface area contributed by atoms with Gasteiger partial charge in [0.1, 0.15) is 0 Å². The first-order chi connectivity index (χ1) is 10.2. The van der Waals surface area contributed by atoms with E-state index in [4.69, 9.17) is 0 Å². The fraction of sp³-hybridized carbons (Fsp3) is 0.111. The molecule has 0 amide bonds. The van der Waals surface area contributed by atoms with Gasteiger partial charge in [0.15, 0.2) is 0 Å². The summed E-state index contributed by atoms with van der Waals surface area (Å²) >= 11 is 0. The Hall–Kier alpha value is -1.62. The van der Waals surface area contributed by atoms with E-state index in [1.165, 1.54) is 13.8 Å². The van der Waals surface area contributed by atoms with Crippen LogP contribution < -0.4 is 10.2 Å². The average Bonchev–Trinajstić information content (AvgIpc) is 2.48. The van der Waals surface area contributed by atoms with Crippen molar-refractivity contribution in [2.45, 2.75) is 13.8 Å². The van der Waals surface area contributed by atoms with E-state index in [1.807, 2.05) is 36.4 Å². The van der Waals surface area contributed by atoms with Crippen molar-refractivity contribution in [2.24, 2.45) is 0 Å². The molecule has 1 rings (SSSR count). The van der Waals surface area contributed by atoms with Crippen LogP contribution in [0, 0.1) is 0 Å². The van der Waals surface area contributed by atoms with Crippen LogP contribution >= 0.6 is 0 Å². The van der Waals surface area contributed by atoms with E-state index in [9.17, 15) is 19.8 Å². The Balaban J connectivity index is -0.000000271. The summed E-state index contributed by atoms with van der Waals surface area (Å²) in [5.41, 5.74) is 2.40. The zero-order valence-electron chi connectivity index (χ0n) is 13.6. The van der Waals surface area contributed by atoms with E-state index >= 15 is 0 Å². The van der Waals surface area contributed by atoms with Crippen LogP contribution in [-0.4, -0.2) is 49.7 Å². The molecule has 0 fully saturated rings. The number of rotatable bonds is 4. The second-order valence-corrected chi connectivity index (χ2v) is 4.17. The van der Waals surface area contributed by atoms with Gasteiger partial charge in [-0.2, -0.15) is 0 Å². The van der Waals surface area contributed by atoms with Crippen molar-refractivity contribution in [3.8, 4) is 0 Å². The van der Waals surface area contributed by atoms with Crippen LogP contribution in [0.4, 0.5) is 0 Å². The summed E-state index contributed by atoms with van der Waals surface area (Å²) in [6.45, 7) is 16.3. The van der Waals surface area contributed by atoms with Gasteiger partial charge in [0.2, 0.25) is 0 Å². The SMILES string of the molecule is C=C(C)C(=O)[O-].C=C(C)C(=O)[O-].C=Cc1ccccc1C=C.[Ca+2]. The first kappa shape index (κ1) is 26.3. The van der Waals surface area contributed by atoms with Crippen LogP contribution in [0.25, 0.3) is 12.2 Å². The second-order valence-electron chi connectivity index (χ2n) is 4.17. The number of aliphatic carboxylic acids is 2. The van der Waals surface area contributed by atoms with Gasteiger partial charge < -0.3 is 19.8 Å². The van der Waals surface area contributed by atoms with Gasteiger partial charge in [0.05, 0.1) is 11.9 Å². The first-order valence-corrected chi connectivity index (χ1v) is 6.24. The van der Waals surface area contributed by atoms with Gasteiger partial charge in [0, 0.05) is 0 Å². The molecular formula is C18H20CaO4. The van der Waals surface area contributed by atoms with Crippen molar-refractivity contribution in [1.82, 2.24) is 0 Å². The fourth-order valence-electron chi connectivity index (χ4n) is 0.883. The van der Waals surface area contributed by atoms with Crippen molar-refractivity contribution >= 4 is 61.8 Å². The van der Waals surface area contributed by atoms with Crippen molar-refractivity contribution < 1.29 is 19.8 Å². The molecule has 0 saturated heterocycles. The van der Waals surface area contributed by atoms with Crippen molar-refractivity contribution in [1.29, 1.82) is 0 Å². The third-order valence-electron chi connectivity index (χ3n) is 2.13. The predicted octanol–water partition coefficient (Wildman–Crippen LogP) is 1.22. The Morgan fingerprint density at radius 2 is 1.09 bits per heavy atom. The molecule has 1 aromatic rings. The van der Waals surface area contributed by atoms with Crippen molar-refractivity contribution in [2.75, 3.05) is 0 Å². The number of carboxylic acid groups (broad SMARTS) is 2. The molecule has 0 atom stereocenters. The summed E-state index contributed by atoms with van der Waals surface area (Å²) in [4.78, 5) is 19.0. The smallest absolute Gasteiger partial charge is 0.545 e. The summed E-state index contributed by atoms with van der Waals surface area (Å²) in [5, 5.41) is 19.0. The van der Waals surface area contributed by atoms with Crippen LogP contribution in [0.15, 0.2) is 61.7 Å². The molecule has 0 unspecified atom stereocenters. The normalized spacial score (nSPS) is 7.74. The summed E-state index contributed by atoms with van der Waals surface area (Å²) in [6.07, 6.45) is 3.66. The van der Waals surface area contributed by atoms with E-state index in [0.29, 0.717) is 0 Å². The standard InChI is InChI=1S/C10H10.2C4H6O2.Ca/c1-3-9-7-5-6-8-10(9)4-2;2*1-3(2)4(5)6;/h3-8H,1-2H2;2*1H2,2H3,(H,5,6);/q;;;+2/p-2. The number of hydrogen-bond acceptors (Lipinski definition) is 4. The van der Waals surface area contributed by atoms with Gasteiger partial charge in [0.25, 0.3) is 0 Å². The molecule has 5 heteroatoms. The minimum Gasteiger partial charge on any atom is -0.545 e. The zero-order chi connectivity index (χ0) is 17.7. The van der Waals surface area contributed by atoms with Crippen LogP contribution in [0.2, 0.25) is 0 Å². The minimum absolute atomic E-state index is 0. The molecule has 4 nitrogen and oxygen atoms in total. The third-order valence-corrected chi connectivity index (χ3v) is 2.13. The van der Waals surface area contributed by atoms with Crippen LogP contribution in [-0.2, 0) is 9.59 Å². The van der Waals surface area contributed by atoms with Crippen LogP contribution in [0.5, 0.6) is 0 Å². The largest absolute Gasteiger partial charge is 2.00 e. The van der Waals surface area contributed by atoms with Crippen molar-refractivity contribution in [3.05, 3.63) is 72.9 Å². The average molecular weight is 340 g/mol. The van der Waals surface area contributed by atoms with Gasteiger partial charge >= 0.3 is 37.7 Å². The summed E-state index contributed by atoms with van der Waals surface area (Å²) < 4.78 is 0. The number of carbonyl (C=O) groups excluding carboxylic acids is 2. The number of benzene rings is 1. The van der Waals surface area contributed by atoms with Crippen LogP contribution in [0.1, 0.15) is 25.0 Å². The molecule has 0 N–H and O–H groups in total. The molecule has 0 spiro atoms. The topological polar surface area (TPSA) is 80.3 Å². The van der Waals surface area contributed by atoms with E-state index < -0.39 is 11.9 Å². The van der Waals surface area contributed by atoms with E-state index in [0.717, 1.165) is 11.1 Å². The Kier molecular flexibility index (Phi) is 17.5. The number of carbonyl (C=O) groups is 2. The van der Waals surface area contributed by atoms with Crippen LogP contribution in [0.3, 0.4) is 0 Å². The molecule has 118 valence electrons. The van der Waals surface area contributed by atoms with E-state index in [2.05, 4.69) is 26.3 Å². The Labute approximate surface area is 167 Å². The van der Waals surface area contributed by atoms with E-state index in [-0.39, 0.29) is 48.9 Å². The quantitative estimate of drug-likeness (QED) is 0.610. The maximum atomic E-state index is 9.49. The predicted molar refractivity (Wildman–Crippen MR) is 92.0 cm³/mol. The molecule has 0 heterocycles. The molecular weight excluding hydrogens is 320 g/mol. The van der Waals surface area contributed by atoms with Gasteiger partial charge in [-0.1, -0.05) is 62.7 Å². The molecule has 0 aromatic heterocycles. The molecule has 0 aliphatic carbocycles. The second kappa shape index (κ2) is 15.3. The Bertz CT molecular complexity index is 499. The minimum atomic E-state index is -1.19. The molecule has 0 saturated carbocycles. The molecule has 0 radical (unpaired) electrons. The summed E-state index contributed by atoms with van der Waals surface area (Å²) in [6, 6.07) is 8.02. The van der Waals surface area contributed by atoms with Gasteiger partial charge in [-0.25, -0.2) is 0 Å². The van der Waals surface area contributed by atoms with Crippen molar-refractivity contribution in [3.63, 3.8) is 0 Å². The number of hydrogen-bond donors (Lipinski definition) is 0.